The van der Waals surface area contributed by atoms with Crippen molar-refractivity contribution in [2.45, 2.75) is 25.8 Å². The van der Waals surface area contributed by atoms with Gasteiger partial charge in [0.25, 0.3) is 5.91 Å². The summed E-state index contributed by atoms with van der Waals surface area (Å²) in [5.41, 5.74) is 6.81. The third-order valence-corrected chi connectivity index (χ3v) is 3.95. The zero-order valence-corrected chi connectivity index (χ0v) is 11.7. The fraction of sp³-hybridized carbons (Fsp3) is 0.571. The monoisotopic (exact) mass is 262 g/mol. The number of rotatable bonds is 3. The van der Waals surface area contributed by atoms with E-state index in [0.29, 0.717) is 17.3 Å². The Labute approximate surface area is 114 Å². The quantitative estimate of drug-likeness (QED) is 0.889. The van der Waals surface area contributed by atoms with Crippen LogP contribution < -0.4 is 5.73 Å². The van der Waals surface area contributed by atoms with Gasteiger partial charge in [-0.05, 0) is 25.5 Å². The molecule has 0 unspecified atom stereocenters. The van der Waals surface area contributed by atoms with Crippen LogP contribution in [0.25, 0.3) is 0 Å². The highest BCUT2D eigenvalue weighted by Crippen LogP contribution is 2.19. The average molecular weight is 262 g/mol. The van der Waals surface area contributed by atoms with Crippen LogP contribution in [0.3, 0.4) is 0 Å². The zero-order chi connectivity index (χ0) is 13.8. The summed E-state index contributed by atoms with van der Waals surface area (Å²) in [6.45, 7) is 5.38. The minimum Gasteiger partial charge on any atom is -0.397 e. The van der Waals surface area contributed by atoms with Crippen LogP contribution in [0.1, 0.15) is 30.1 Å². The molecule has 0 atom stereocenters. The number of nitrogens with two attached hydrogens (primary N) is 1. The molecule has 2 heterocycles. The lowest BCUT2D eigenvalue weighted by Gasteiger charge is -2.36. The van der Waals surface area contributed by atoms with Crippen molar-refractivity contribution in [1.82, 2.24) is 14.8 Å². The van der Waals surface area contributed by atoms with Crippen molar-refractivity contribution in [3.05, 3.63) is 24.0 Å². The molecule has 104 valence electrons. The molecule has 0 saturated carbocycles. The second-order valence-corrected chi connectivity index (χ2v) is 5.04. The molecule has 1 aliphatic rings. The predicted molar refractivity (Wildman–Crippen MR) is 75.9 cm³/mol. The Kier molecular flexibility index (Phi) is 4.37. The molecule has 0 radical (unpaired) electrons. The molecule has 5 heteroatoms. The number of nitrogens with zero attached hydrogens (tertiary/aromatic N) is 3. The first-order chi connectivity index (χ1) is 9.13. The maximum absolute atomic E-state index is 12.4. The van der Waals surface area contributed by atoms with Crippen molar-refractivity contribution in [1.29, 1.82) is 0 Å². The number of hydrogen-bond donors (Lipinski definition) is 1. The van der Waals surface area contributed by atoms with Gasteiger partial charge >= 0.3 is 0 Å². The lowest BCUT2D eigenvalue weighted by Crippen LogP contribution is -2.45. The first kappa shape index (κ1) is 13.8. The van der Waals surface area contributed by atoms with E-state index < -0.39 is 0 Å². The molecule has 19 heavy (non-hydrogen) atoms. The molecule has 1 amide bonds. The number of anilines is 1. The molecule has 5 nitrogen and oxygen atoms in total. The lowest BCUT2D eigenvalue weighted by molar-refractivity contribution is 0.0648. The fourth-order valence-electron chi connectivity index (χ4n) is 2.58. The van der Waals surface area contributed by atoms with Crippen molar-refractivity contribution in [3.8, 4) is 0 Å². The minimum atomic E-state index is -0.00477. The van der Waals surface area contributed by atoms with Gasteiger partial charge in [0.05, 0.1) is 17.4 Å². The van der Waals surface area contributed by atoms with Crippen molar-refractivity contribution in [2.24, 2.45) is 0 Å². The summed E-state index contributed by atoms with van der Waals surface area (Å²) in [5.74, 6) is -0.00477. The summed E-state index contributed by atoms with van der Waals surface area (Å²) in [6, 6.07) is 2.00. The van der Waals surface area contributed by atoms with Crippen LogP contribution >= 0.6 is 0 Å². The molecule has 1 aromatic heterocycles. The molecule has 1 saturated heterocycles. The minimum absolute atomic E-state index is 0.00477. The van der Waals surface area contributed by atoms with Crippen LogP contribution in [0.5, 0.6) is 0 Å². The Morgan fingerprint density at radius 2 is 2.21 bits per heavy atom. The topological polar surface area (TPSA) is 62.5 Å². The van der Waals surface area contributed by atoms with E-state index in [9.17, 15) is 4.79 Å². The van der Waals surface area contributed by atoms with E-state index >= 15 is 0 Å². The molecule has 1 aromatic rings. The number of hydrogen-bond acceptors (Lipinski definition) is 4. The summed E-state index contributed by atoms with van der Waals surface area (Å²) in [6.07, 6.45) is 5.19. The number of amides is 1. The average Bonchev–Trinajstić information content (AvgIpc) is 2.46. The molecule has 0 bridgehead atoms. The van der Waals surface area contributed by atoms with Gasteiger partial charge in [0.2, 0.25) is 0 Å². The van der Waals surface area contributed by atoms with Crippen LogP contribution in [0.2, 0.25) is 0 Å². The SMILES string of the molecule is CCN1CCC(N(C)C(=O)c2ccncc2N)CC1. The van der Waals surface area contributed by atoms with Gasteiger partial charge in [0.1, 0.15) is 0 Å². The highest BCUT2D eigenvalue weighted by molar-refractivity contribution is 5.98. The molecule has 1 fully saturated rings. The zero-order valence-electron chi connectivity index (χ0n) is 11.7. The molecular formula is C14H22N4O. The van der Waals surface area contributed by atoms with Gasteiger partial charge in [-0.1, -0.05) is 6.92 Å². The lowest BCUT2D eigenvalue weighted by atomic mass is 10.0. The summed E-state index contributed by atoms with van der Waals surface area (Å²) in [7, 11) is 1.87. The Hall–Kier alpha value is -1.62. The van der Waals surface area contributed by atoms with E-state index in [1.807, 2.05) is 11.9 Å². The van der Waals surface area contributed by atoms with Gasteiger partial charge in [-0.25, -0.2) is 0 Å². The molecule has 2 rings (SSSR count). The highest BCUT2D eigenvalue weighted by Gasteiger charge is 2.26. The van der Waals surface area contributed by atoms with E-state index in [1.54, 1.807) is 12.3 Å². The number of carbonyl (C=O) groups excluding carboxylic acids is 1. The van der Waals surface area contributed by atoms with E-state index in [1.165, 1.54) is 6.20 Å². The number of nitrogen functional groups attached to an aromatic ring is 1. The molecule has 0 aromatic carbocycles. The number of aromatic nitrogens is 1. The van der Waals surface area contributed by atoms with Crippen LogP contribution in [0.4, 0.5) is 5.69 Å². The number of pyridine rings is 1. The van der Waals surface area contributed by atoms with E-state index in [-0.39, 0.29) is 5.91 Å². The second kappa shape index (κ2) is 6.02. The third-order valence-electron chi connectivity index (χ3n) is 3.95. The van der Waals surface area contributed by atoms with Gasteiger partial charge in [0, 0.05) is 32.4 Å². The molecule has 2 N–H and O–H groups in total. The number of piperidine rings is 1. The van der Waals surface area contributed by atoms with Crippen LogP contribution in [-0.4, -0.2) is 53.4 Å². The third kappa shape index (κ3) is 3.04. The fourth-order valence-corrected chi connectivity index (χ4v) is 2.58. The Morgan fingerprint density at radius 1 is 1.53 bits per heavy atom. The molecule has 1 aliphatic heterocycles. The van der Waals surface area contributed by atoms with Crippen LogP contribution in [0.15, 0.2) is 18.5 Å². The van der Waals surface area contributed by atoms with Crippen molar-refractivity contribution in [3.63, 3.8) is 0 Å². The first-order valence-electron chi connectivity index (χ1n) is 6.82. The van der Waals surface area contributed by atoms with Gasteiger partial charge in [-0.2, -0.15) is 0 Å². The van der Waals surface area contributed by atoms with E-state index in [4.69, 9.17) is 5.73 Å². The van der Waals surface area contributed by atoms with E-state index in [2.05, 4.69) is 16.8 Å². The number of likely N-dealkylation sites (tertiary alicyclic amines) is 1. The Morgan fingerprint density at radius 3 is 2.79 bits per heavy atom. The predicted octanol–water partition coefficient (Wildman–Crippen LogP) is 1.22. The molecular weight excluding hydrogens is 240 g/mol. The van der Waals surface area contributed by atoms with Gasteiger partial charge in [-0.3, -0.25) is 9.78 Å². The van der Waals surface area contributed by atoms with Crippen LogP contribution in [0, 0.1) is 0 Å². The van der Waals surface area contributed by atoms with E-state index in [0.717, 1.165) is 32.5 Å². The summed E-state index contributed by atoms with van der Waals surface area (Å²) >= 11 is 0. The van der Waals surface area contributed by atoms with Crippen molar-refractivity contribution >= 4 is 11.6 Å². The largest absolute Gasteiger partial charge is 0.397 e. The maximum Gasteiger partial charge on any atom is 0.256 e. The normalized spacial score (nSPS) is 17.4. The smallest absolute Gasteiger partial charge is 0.256 e. The van der Waals surface area contributed by atoms with Crippen LogP contribution in [-0.2, 0) is 0 Å². The Bertz CT molecular complexity index is 441. The van der Waals surface area contributed by atoms with Gasteiger partial charge in [-0.15, -0.1) is 0 Å². The van der Waals surface area contributed by atoms with Gasteiger partial charge < -0.3 is 15.5 Å². The van der Waals surface area contributed by atoms with Crippen molar-refractivity contribution < 1.29 is 4.79 Å². The van der Waals surface area contributed by atoms with Crippen molar-refractivity contribution in [2.75, 3.05) is 32.4 Å². The molecule has 0 aliphatic carbocycles. The summed E-state index contributed by atoms with van der Waals surface area (Å²) in [4.78, 5) is 20.6. The second-order valence-electron chi connectivity index (χ2n) is 5.04. The highest BCUT2D eigenvalue weighted by atomic mass is 16.2. The molecule has 0 spiro atoms. The van der Waals surface area contributed by atoms with Gasteiger partial charge in [0.15, 0.2) is 0 Å². The Balaban J connectivity index is 2.02. The summed E-state index contributed by atoms with van der Waals surface area (Å²) in [5, 5.41) is 0. The maximum atomic E-state index is 12.4. The first-order valence-corrected chi connectivity index (χ1v) is 6.82. The number of carbonyl (C=O) groups is 1. The summed E-state index contributed by atoms with van der Waals surface area (Å²) < 4.78 is 0. The standard InChI is InChI=1S/C14H22N4O/c1-3-18-8-5-11(6-9-18)17(2)14(19)12-4-7-16-10-13(12)15/h4,7,10-11H,3,5-6,8-9,15H2,1-2H3.